The minimum absolute atomic E-state index is 0.972. The van der Waals surface area contributed by atoms with Gasteiger partial charge in [-0.15, -0.1) is 0 Å². The lowest BCUT2D eigenvalue weighted by Gasteiger charge is -2.06. The van der Waals surface area contributed by atoms with Gasteiger partial charge in [-0.2, -0.15) is 4.57 Å². The van der Waals surface area contributed by atoms with E-state index in [0.29, 0.717) is 0 Å². The molecule has 0 aliphatic heterocycles. The standard InChI is InChI=1S/C15H16N3.C2H4O2/c1-11-10-14(15-16-8-9-17(15)2)18(3)13-7-5-4-6-12(11)13;1-2(3)4/h4-10H,1-3H3;1H3,(H,3,4)/q+1;/p-1. The first-order chi connectivity index (χ1) is 10.4. The van der Waals surface area contributed by atoms with Crippen molar-refractivity contribution < 1.29 is 14.5 Å². The van der Waals surface area contributed by atoms with E-state index in [-0.39, 0.29) is 0 Å². The smallest absolute Gasteiger partial charge is 0.249 e. The Balaban J connectivity index is 0.000000396. The average Bonchev–Trinajstić information content (AvgIpc) is 2.88. The molecule has 0 spiro atoms. The molecule has 0 bridgehead atoms. The fourth-order valence-corrected chi connectivity index (χ4v) is 2.44. The molecule has 5 heteroatoms. The van der Waals surface area contributed by atoms with E-state index < -0.39 is 5.97 Å². The molecule has 0 aliphatic carbocycles. The summed E-state index contributed by atoms with van der Waals surface area (Å²) in [5, 5.41) is 10.2. The van der Waals surface area contributed by atoms with E-state index in [1.54, 1.807) is 0 Å². The zero-order chi connectivity index (χ0) is 16.3. The van der Waals surface area contributed by atoms with Crippen molar-refractivity contribution in [1.82, 2.24) is 9.55 Å². The number of carbonyl (C=O) groups excluding carboxylic acids is 1. The first kappa shape index (κ1) is 15.7. The molecule has 3 rings (SSSR count). The van der Waals surface area contributed by atoms with Gasteiger partial charge in [-0.3, -0.25) is 0 Å². The van der Waals surface area contributed by atoms with Crippen LogP contribution in [-0.4, -0.2) is 15.5 Å². The van der Waals surface area contributed by atoms with Crippen LogP contribution in [0.25, 0.3) is 22.4 Å². The number of rotatable bonds is 1. The molecule has 0 N–H and O–H groups in total. The molecule has 0 aliphatic rings. The lowest BCUT2D eigenvalue weighted by Crippen LogP contribution is -2.33. The van der Waals surface area contributed by atoms with Crippen LogP contribution in [0.2, 0.25) is 0 Å². The van der Waals surface area contributed by atoms with Crippen LogP contribution in [0.15, 0.2) is 42.7 Å². The maximum atomic E-state index is 8.89. The Kier molecular flexibility index (Phi) is 4.56. The van der Waals surface area contributed by atoms with Gasteiger partial charge >= 0.3 is 0 Å². The summed E-state index contributed by atoms with van der Waals surface area (Å²) in [5.74, 6) is -0.0913. The summed E-state index contributed by atoms with van der Waals surface area (Å²) in [6.07, 6.45) is 3.81. The van der Waals surface area contributed by atoms with Gasteiger partial charge in [0, 0.05) is 42.9 Å². The van der Waals surface area contributed by atoms with E-state index in [2.05, 4.69) is 53.9 Å². The minimum atomic E-state index is -1.08. The fourth-order valence-electron chi connectivity index (χ4n) is 2.44. The predicted molar refractivity (Wildman–Crippen MR) is 82.7 cm³/mol. The molecule has 0 amide bonds. The van der Waals surface area contributed by atoms with E-state index in [9.17, 15) is 0 Å². The number of carboxylic acid groups (broad SMARTS) is 1. The van der Waals surface area contributed by atoms with Crippen LogP contribution in [0.1, 0.15) is 12.5 Å². The zero-order valence-electron chi connectivity index (χ0n) is 13.2. The molecule has 5 nitrogen and oxygen atoms in total. The quantitative estimate of drug-likeness (QED) is 0.633. The normalized spacial score (nSPS) is 10.2. The maximum absolute atomic E-state index is 8.89. The summed E-state index contributed by atoms with van der Waals surface area (Å²) in [7, 11) is 4.11. The van der Waals surface area contributed by atoms with Crippen LogP contribution >= 0.6 is 0 Å². The lowest BCUT2D eigenvalue weighted by atomic mass is 10.1. The van der Waals surface area contributed by atoms with E-state index in [0.717, 1.165) is 18.4 Å². The van der Waals surface area contributed by atoms with Crippen LogP contribution in [0.3, 0.4) is 0 Å². The van der Waals surface area contributed by atoms with Gasteiger partial charge < -0.3 is 14.5 Å². The molecular weight excluding hydrogens is 278 g/mol. The number of aromatic nitrogens is 3. The number of hydrogen-bond donors (Lipinski definition) is 0. The van der Waals surface area contributed by atoms with Gasteiger partial charge in [0.15, 0.2) is 0 Å². The largest absolute Gasteiger partial charge is 0.550 e. The number of carboxylic acids is 1. The third kappa shape index (κ3) is 3.14. The molecule has 22 heavy (non-hydrogen) atoms. The Morgan fingerprint density at radius 2 is 1.95 bits per heavy atom. The summed E-state index contributed by atoms with van der Waals surface area (Å²) in [4.78, 5) is 13.3. The molecule has 2 heterocycles. The Bertz CT molecular complexity index is 818. The van der Waals surface area contributed by atoms with E-state index >= 15 is 0 Å². The third-order valence-electron chi connectivity index (χ3n) is 3.46. The molecule has 114 valence electrons. The lowest BCUT2D eigenvalue weighted by molar-refractivity contribution is -0.634. The highest BCUT2D eigenvalue weighted by molar-refractivity contribution is 5.80. The number of para-hydroxylation sites is 1. The highest BCUT2D eigenvalue weighted by Crippen LogP contribution is 2.20. The van der Waals surface area contributed by atoms with Crippen molar-refractivity contribution >= 4 is 16.9 Å². The first-order valence-corrected chi connectivity index (χ1v) is 6.95. The van der Waals surface area contributed by atoms with Gasteiger partial charge in [0.2, 0.25) is 17.0 Å². The predicted octanol–water partition coefficient (Wildman–Crippen LogP) is 1.13. The Labute approximate surface area is 129 Å². The number of imidazole rings is 1. The Hall–Kier alpha value is -2.69. The summed E-state index contributed by atoms with van der Waals surface area (Å²) < 4.78 is 4.24. The van der Waals surface area contributed by atoms with E-state index in [4.69, 9.17) is 9.90 Å². The molecule has 3 aromatic rings. The number of aryl methyl sites for hydroxylation is 3. The highest BCUT2D eigenvalue weighted by Gasteiger charge is 2.18. The average molecular weight is 297 g/mol. The fraction of sp³-hybridized carbons (Fsp3) is 0.235. The number of fused-ring (bicyclic) bond motifs is 1. The van der Waals surface area contributed by atoms with Gasteiger partial charge in [0.25, 0.3) is 0 Å². The van der Waals surface area contributed by atoms with Gasteiger partial charge in [-0.05, 0) is 25.5 Å². The molecular formula is C17H19N3O2. The van der Waals surface area contributed by atoms with E-state index in [1.165, 1.54) is 16.5 Å². The maximum Gasteiger partial charge on any atom is 0.249 e. The van der Waals surface area contributed by atoms with Crippen molar-refractivity contribution in [2.75, 3.05) is 0 Å². The third-order valence-corrected chi connectivity index (χ3v) is 3.46. The Morgan fingerprint density at radius 1 is 1.32 bits per heavy atom. The van der Waals surface area contributed by atoms with Crippen molar-refractivity contribution in [2.24, 2.45) is 14.1 Å². The SMILES string of the molecule is CC(=O)[O-].Cc1cc(-c2nccn2C)[n+](C)c2ccccc12. The topological polar surface area (TPSA) is 61.8 Å². The van der Waals surface area contributed by atoms with Crippen molar-refractivity contribution in [2.45, 2.75) is 13.8 Å². The first-order valence-electron chi connectivity index (χ1n) is 6.95. The van der Waals surface area contributed by atoms with Gasteiger partial charge in [-0.25, -0.2) is 4.98 Å². The number of hydrogen-bond acceptors (Lipinski definition) is 3. The van der Waals surface area contributed by atoms with Gasteiger partial charge in [0.05, 0.1) is 0 Å². The molecule has 1 aromatic carbocycles. The van der Waals surface area contributed by atoms with Crippen LogP contribution in [0.4, 0.5) is 0 Å². The second kappa shape index (κ2) is 6.39. The van der Waals surface area contributed by atoms with Gasteiger partial charge in [0.1, 0.15) is 7.05 Å². The molecule has 0 atom stereocenters. The molecule has 0 unspecified atom stereocenters. The molecule has 0 saturated carbocycles. The van der Waals surface area contributed by atoms with Crippen LogP contribution in [0, 0.1) is 6.92 Å². The summed E-state index contributed by atoms with van der Waals surface area (Å²) in [6, 6.07) is 10.7. The minimum Gasteiger partial charge on any atom is -0.550 e. The zero-order valence-corrected chi connectivity index (χ0v) is 13.2. The van der Waals surface area contributed by atoms with Crippen molar-refractivity contribution in [3.63, 3.8) is 0 Å². The summed E-state index contributed by atoms with van der Waals surface area (Å²) in [6.45, 7) is 3.12. The van der Waals surface area contributed by atoms with E-state index in [1.807, 2.05) is 24.0 Å². The molecule has 2 aromatic heterocycles. The van der Waals surface area contributed by atoms with Crippen molar-refractivity contribution in [3.8, 4) is 11.5 Å². The number of nitrogens with zero attached hydrogens (tertiary/aromatic N) is 3. The molecule has 0 fully saturated rings. The van der Waals surface area contributed by atoms with Gasteiger partial charge in [-0.1, -0.05) is 12.1 Å². The summed E-state index contributed by atoms with van der Waals surface area (Å²) in [5.41, 5.74) is 3.65. The highest BCUT2D eigenvalue weighted by atomic mass is 16.4. The number of benzene rings is 1. The van der Waals surface area contributed by atoms with Crippen LogP contribution in [-0.2, 0) is 18.9 Å². The number of carbonyl (C=O) groups is 1. The van der Waals surface area contributed by atoms with Crippen LogP contribution in [0.5, 0.6) is 0 Å². The van der Waals surface area contributed by atoms with Crippen molar-refractivity contribution in [1.29, 1.82) is 0 Å². The molecule has 0 saturated heterocycles. The second-order valence-corrected chi connectivity index (χ2v) is 5.14. The Morgan fingerprint density at radius 3 is 2.55 bits per heavy atom. The summed E-state index contributed by atoms with van der Waals surface area (Å²) >= 11 is 0. The monoisotopic (exact) mass is 297 g/mol. The number of pyridine rings is 1. The van der Waals surface area contributed by atoms with Crippen LogP contribution < -0.4 is 9.67 Å². The van der Waals surface area contributed by atoms with Crippen molar-refractivity contribution in [3.05, 3.63) is 48.3 Å². The second-order valence-electron chi connectivity index (χ2n) is 5.14. The number of aliphatic carboxylic acids is 1. The molecule has 0 radical (unpaired) electrons.